The highest BCUT2D eigenvalue weighted by atomic mass is 32.1. The summed E-state index contributed by atoms with van der Waals surface area (Å²) in [5.74, 6) is -0.144. The standard InChI is InChI=1S/C22H12O2S2/c23-21-15-7-1-5-13(17-9-3-11-25-17)19(15)22(24)20-14(6-2-8-16(20)21)18-10-4-12-26-18/h1-12H. The molecule has 0 bridgehead atoms. The molecule has 2 nitrogen and oxygen atoms in total. The van der Waals surface area contributed by atoms with E-state index in [-0.39, 0.29) is 11.6 Å². The van der Waals surface area contributed by atoms with Crippen LogP contribution in [-0.2, 0) is 0 Å². The van der Waals surface area contributed by atoms with Crippen molar-refractivity contribution in [2.75, 3.05) is 0 Å². The molecule has 0 radical (unpaired) electrons. The fourth-order valence-corrected chi connectivity index (χ4v) is 5.03. The van der Waals surface area contributed by atoms with Gasteiger partial charge in [0.1, 0.15) is 0 Å². The van der Waals surface area contributed by atoms with Gasteiger partial charge >= 0.3 is 0 Å². The highest BCUT2D eigenvalue weighted by Crippen LogP contribution is 2.40. The number of hydrogen-bond donors (Lipinski definition) is 0. The van der Waals surface area contributed by atoms with Crippen molar-refractivity contribution in [2.24, 2.45) is 0 Å². The highest BCUT2D eigenvalue weighted by molar-refractivity contribution is 7.14. The molecule has 2 heterocycles. The van der Waals surface area contributed by atoms with Crippen LogP contribution in [0.25, 0.3) is 20.9 Å². The Kier molecular flexibility index (Phi) is 3.48. The minimum atomic E-state index is -0.0774. The van der Waals surface area contributed by atoms with Gasteiger partial charge in [-0.2, -0.15) is 0 Å². The Morgan fingerprint density at radius 1 is 0.500 bits per heavy atom. The second-order valence-electron chi connectivity index (χ2n) is 6.07. The van der Waals surface area contributed by atoms with Gasteiger partial charge in [-0.25, -0.2) is 0 Å². The van der Waals surface area contributed by atoms with Crippen LogP contribution in [0.15, 0.2) is 71.4 Å². The van der Waals surface area contributed by atoms with Crippen LogP contribution in [0.2, 0.25) is 0 Å². The monoisotopic (exact) mass is 372 g/mol. The quantitative estimate of drug-likeness (QED) is 0.385. The number of carbonyl (C=O) groups is 2. The molecule has 2 aromatic heterocycles. The molecule has 5 rings (SSSR count). The van der Waals surface area contributed by atoms with E-state index in [1.54, 1.807) is 34.8 Å². The Morgan fingerprint density at radius 2 is 0.962 bits per heavy atom. The molecule has 4 aromatic rings. The zero-order chi connectivity index (χ0) is 17.7. The van der Waals surface area contributed by atoms with E-state index in [0.29, 0.717) is 22.3 Å². The predicted molar refractivity (Wildman–Crippen MR) is 106 cm³/mol. The van der Waals surface area contributed by atoms with Crippen molar-refractivity contribution in [2.45, 2.75) is 0 Å². The van der Waals surface area contributed by atoms with Crippen LogP contribution in [0.3, 0.4) is 0 Å². The fourth-order valence-electron chi connectivity index (χ4n) is 3.52. The molecule has 0 fully saturated rings. The maximum absolute atomic E-state index is 13.5. The summed E-state index contributed by atoms with van der Waals surface area (Å²) in [4.78, 5) is 28.7. The van der Waals surface area contributed by atoms with Crippen molar-refractivity contribution >= 4 is 34.2 Å². The van der Waals surface area contributed by atoms with Gasteiger partial charge in [0.05, 0.1) is 0 Å². The first kappa shape index (κ1) is 15.4. The second kappa shape index (κ2) is 5.87. The third-order valence-electron chi connectivity index (χ3n) is 4.65. The molecule has 1 aliphatic carbocycles. The van der Waals surface area contributed by atoms with Gasteiger partial charge in [0.2, 0.25) is 0 Å². The average molecular weight is 372 g/mol. The van der Waals surface area contributed by atoms with Crippen molar-refractivity contribution in [3.8, 4) is 20.9 Å². The van der Waals surface area contributed by atoms with Crippen LogP contribution in [0.5, 0.6) is 0 Å². The third-order valence-corrected chi connectivity index (χ3v) is 6.45. The van der Waals surface area contributed by atoms with Crippen molar-refractivity contribution in [1.29, 1.82) is 0 Å². The smallest absolute Gasteiger partial charge is 0.195 e. The van der Waals surface area contributed by atoms with E-state index in [2.05, 4.69) is 0 Å². The maximum Gasteiger partial charge on any atom is 0.195 e. The van der Waals surface area contributed by atoms with E-state index in [1.165, 1.54) is 0 Å². The first-order valence-electron chi connectivity index (χ1n) is 8.19. The predicted octanol–water partition coefficient (Wildman–Crippen LogP) is 5.92. The van der Waals surface area contributed by atoms with Crippen LogP contribution in [0.1, 0.15) is 31.8 Å². The summed E-state index contributed by atoms with van der Waals surface area (Å²) in [6.07, 6.45) is 0. The average Bonchev–Trinajstić information content (AvgIpc) is 3.39. The van der Waals surface area contributed by atoms with Gasteiger partial charge < -0.3 is 0 Å². The van der Waals surface area contributed by atoms with Crippen LogP contribution in [-0.4, -0.2) is 11.6 Å². The van der Waals surface area contributed by atoms with Crippen LogP contribution in [0.4, 0.5) is 0 Å². The lowest BCUT2D eigenvalue weighted by Gasteiger charge is -2.21. The lowest BCUT2D eigenvalue weighted by Crippen LogP contribution is -2.22. The lowest BCUT2D eigenvalue weighted by atomic mass is 9.79. The Morgan fingerprint density at radius 3 is 1.38 bits per heavy atom. The third kappa shape index (κ3) is 2.16. The van der Waals surface area contributed by atoms with E-state index in [1.807, 2.05) is 59.3 Å². The Balaban J connectivity index is 1.81. The molecule has 0 N–H and O–H groups in total. The zero-order valence-corrected chi connectivity index (χ0v) is 15.2. The molecule has 4 heteroatoms. The summed E-state index contributed by atoms with van der Waals surface area (Å²) >= 11 is 3.15. The molecule has 1 aliphatic rings. The zero-order valence-electron chi connectivity index (χ0n) is 13.6. The molecule has 0 amide bonds. The van der Waals surface area contributed by atoms with Crippen molar-refractivity contribution in [1.82, 2.24) is 0 Å². The number of ketones is 2. The number of hydrogen-bond acceptors (Lipinski definition) is 4. The van der Waals surface area contributed by atoms with E-state index in [9.17, 15) is 9.59 Å². The van der Waals surface area contributed by atoms with Gasteiger partial charge in [0.15, 0.2) is 11.6 Å². The fraction of sp³-hybridized carbons (Fsp3) is 0. The molecule has 0 saturated carbocycles. The summed E-state index contributed by atoms with van der Waals surface area (Å²) in [7, 11) is 0. The molecule has 0 atom stereocenters. The topological polar surface area (TPSA) is 34.1 Å². The van der Waals surface area contributed by atoms with E-state index < -0.39 is 0 Å². The van der Waals surface area contributed by atoms with Crippen molar-refractivity contribution in [3.05, 3.63) is 93.7 Å². The Bertz CT molecular complexity index is 1060. The Labute approximate surface area is 158 Å². The summed E-state index contributed by atoms with van der Waals surface area (Å²) in [6, 6.07) is 19.0. The van der Waals surface area contributed by atoms with E-state index in [4.69, 9.17) is 0 Å². The normalized spacial score (nSPS) is 12.8. The minimum absolute atomic E-state index is 0.0670. The summed E-state index contributed by atoms with van der Waals surface area (Å²) in [5.41, 5.74) is 3.71. The highest BCUT2D eigenvalue weighted by Gasteiger charge is 2.34. The Hall–Kier alpha value is -2.82. The first-order chi connectivity index (χ1) is 12.8. The molecule has 0 unspecified atom stereocenters. The van der Waals surface area contributed by atoms with Crippen LogP contribution < -0.4 is 0 Å². The largest absolute Gasteiger partial charge is 0.289 e. The molecule has 124 valence electrons. The van der Waals surface area contributed by atoms with Gasteiger partial charge in [-0.05, 0) is 22.9 Å². The molecule has 2 aromatic carbocycles. The summed E-state index contributed by atoms with van der Waals surface area (Å²) in [5, 5.41) is 3.96. The van der Waals surface area contributed by atoms with Gasteiger partial charge in [0, 0.05) is 43.1 Å². The number of fused-ring (bicyclic) bond motifs is 2. The number of carbonyl (C=O) groups excluding carboxylic acids is 2. The van der Waals surface area contributed by atoms with Gasteiger partial charge in [0.25, 0.3) is 0 Å². The number of benzene rings is 2. The summed E-state index contributed by atoms with van der Waals surface area (Å²) < 4.78 is 0. The maximum atomic E-state index is 13.5. The molecule has 0 saturated heterocycles. The second-order valence-corrected chi connectivity index (χ2v) is 7.96. The van der Waals surface area contributed by atoms with Crippen molar-refractivity contribution < 1.29 is 9.59 Å². The molecule has 0 aliphatic heterocycles. The van der Waals surface area contributed by atoms with Crippen LogP contribution >= 0.6 is 22.7 Å². The molecular weight excluding hydrogens is 360 g/mol. The van der Waals surface area contributed by atoms with Gasteiger partial charge in [-0.15, -0.1) is 22.7 Å². The van der Waals surface area contributed by atoms with Gasteiger partial charge in [-0.1, -0.05) is 48.5 Å². The number of thiophene rings is 2. The van der Waals surface area contributed by atoms with Crippen LogP contribution in [0, 0.1) is 0 Å². The van der Waals surface area contributed by atoms with E-state index in [0.717, 1.165) is 20.9 Å². The molecule has 26 heavy (non-hydrogen) atoms. The first-order valence-corrected chi connectivity index (χ1v) is 9.95. The van der Waals surface area contributed by atoms with E-state index >= 15 is 0 Å². The molecule has 0 spiro atoms. The number of rotatable bonds is 2. The van der Waals surface area contributed by atoms with Gasteiger partial charge in [-0.3, -0.25) is 9.59 Å². The van der Waals surface area contributed by atoms with Crippen molar-refractivity contribution in [3.63, 3.8) is 0 Å². The molecular formula is C22H12O2S2. The lowest BCUT2D eigenvalue weighted by molar-refractivity contribution is 0.0980. The summed E-state index contributed by atoms with van der Waals surface area (Å²) in [6.45, 7) is 0. The minimum Gasteiger partial charge on any atom is -0.289 e. The SMILES string of the molecule is O=C1c2cccc(-c3cccs3)c2C(=O)c2c1cccc2-c1cccs1.